The van der Waals surface area contributed by atoms with Gasteiger partial charge < -0.3 is 19.9 Å². The van der Waals surface area contributed by atoms with Crippen LogP contribution in [0.15, 0.2) is 53.1 Å². The molecule has 0 bridgehead atoms. The number of aryl methyl sites for hydroxylation is 2. The summed E-state index contributed by atoms with van der Waals surface area (Å²) in [6.07, 6.45) is 0. The van der Waals surface area contributed by atoms with Crippen LogP contribution in [0.3, 0.4) is 0 Å². The molecule has 29 heavy (non-hydrogen) atoms. The molecule has 0 aliphatic carbocycles. The second-order valence-corrected chi connectivity index (χ2v) is 6.58. The van der Waals surface area contributed by atoms with Crippen LogP contribution in [0.4, 0.5) is 0 Å². The van der Waals surface area contributed by atoms with Gasteiger partial charge in [-0.15, -0.1) is 0 Å². The Hall–Kier alpha value is -3.61. The molecule has 0 saturated heterocycles. The Morgan fingerprint density at radius 1 is 1.03 bits per heavy atom. The van der Waals surface area contributed by atoms with Crippen LogP contribution in [0.25, 0.3) is 0 Å². The van der Waals surface area contributed by atoms with Crippen molar-refractivity contribution in [2.24, 2.45) is 0 Å². The average Bonchev–Trinajstić information content (AvgIpc) is 3.07. The zero-order valence-electron chi connectivity index (χ0n) is 16.6. The fourth-order valence-corrected chi connectivity index (χ4v) is 2.82. The normalized spacial score (nSPS) is 10.4. The average molecular weight is 393 g/mol. The van der Waals surface area contributed by atoms with E-state index in [4.69, 9.17) is 9.26 Å². The van der Waals surface area contributed by atoms with E-state index in [2.05, 4.69) is 15.8 Å². The van der Waals surface area contributed by atoms with Crippen molar-refractivity contribution in [3.8, 4) is 5.75 Å². The van der Waals surface area contributed by atoms with Crippen LogP contribution in [0.2, 0.25) is 0 Å². The van der Waals surface area contributed by atoms with Gasteiger partial charge in [-0.1, -0.05) is 17.3 Å². The largest absolute Gasteiger partial charge is 0.489 e. The molecular formula is C22H23N3O4. The van der Waals surface area contributed by atoms with Gasteiger partial charge in [0.15, 0.2) is 0 Å². The summed E-state index contributed by atoms with van der Waals surface area (Å²) in [4.78, 5) is 24.1. The first-order valence-corrected chi connectivity index (χ1v) is 9.21. The van der Waals surface area contributed by atoms with Crippen molar-refractivity contribution < 1.29 is 18.8 Å². The summed E-state index contributed by atoms with van der Waals surface area (Å²) in [5.74, 6) is 1.02. The number of rotatable bonds is 7. The van der Waals surface area contributed by atoms with Crippen LogP contribution in [-0.4, -0.2) is 24.0 Å². The van der Waals surface area contributed by atoms with Crippen LogP contribution in [0, 0.1) is 13.8 Å². The van der Waals surface area contributed by atoms with Gasteiger partial charge in [-0.3, -0.25) is 9.59 Å². The van der Waals surface area contributed by atoms with E-state index in [-0.39, 0.29) is 11.8 Å². The maximum Gasteiger partial charge on any atom is 0.251 e. The third-order valence-corrected chi connectivity index (χ3v) is 4.55. The third-order valence-electron chi connectivity index (χ3n) is 4.55. The third kappa shape index (κ3) is 5.01. The number of carbonyl (C=O) groups is 2. The van der Waals surface area contributed by atoms with E-state index in [9.17, 15) is 9.59 Å². The standard InChI is InChI=1S/C22H23N3O4/c1-14-20(15(2)29-25-14)13-28-19-9-7-17(8-10-19)22(27)24-12-16-5-4-6-18(11-16)21(26)23-3/h4-11H,12-13H2,1-3H3,(H,23,26)(H,24,27). The molecule has 0 aliphatic heterocycles. The van der Waals surface area contributed by atoms with Crippen molar-refractivity contribution in [1.29, 1.82) is 0 Å². The molecule has 7 heteroatoms. The van der Waals surface area contributed by atoms with Gasteiger partial charge in [0.25, 0.3) is 11.8 Å². The summed E-state index contributed by atoms with van der Waals surface area (Å²) in [6, 6.07) is 14.0. The predicted molar refractivity (Wildman–Crippen MR) is 108 cm³/mol. The first-order valence-electron chi connectivity index (χ1n) is 9.21. The zero-order chi connectivity index (χ0) is 20.8. The highest BCUT2D eigenvalue weighted by molar-refractivity contribution is 5.95. The number of benzene rings is 2. The first kappa shape index (κ1) is 20.1. The number of amides is 2. The summed E-state index contributed by atoms with van der Waals surface area (Å²) in [6.45, 7) is 4.39. The molecule has 0 spiro atoms. The molecule has 0 aliphatic rings. The highest BCUT2D eigenvalue weighted by atomic mass is 16.5. The van der Waals surface area contributed by atoms with Gasteiger partial charge in [-0.2, -0.15) is 0 Å². The zero-order valence-corrected chi connectivity index (χ0v) is 16.6. The van der Waals surface area contributed by atoms with E-state index in [0.717, 1.165) is 22.6 Å². The van der Waals surface area contributed by atoms with Crippen molar-refractivity contribution in [3.05, 3.63) is 82.2 Å². The Kier molecular flexibility index (Phi) is 6.29. The van der Waals surface area contributed by atoms with Crippen molar-refractivity contribution >= 4 is 11.8 Å². The van der Waals surface area contributed by atoms with Crippen LogP contribution in [0.5, 0.6) is 5.75 Å². The second kappa shape index (κ2) is 9.05. The monoisotopic (exact) mass is 393 g/mol. The van der Waals surface area contributed by atoms with Crippen molar-refractivity contribution in [2.45, 2.75) is 27.0 Å². The van der Waals surface area contributed by atoms with Crippen molar-refractivity contribution in [3.63, 3.8) is 0 Å². The molecule has 3 rings (SSSR count). The SMILES string of the molecule is CNC(=O)c1cccc(CNC(=O)c2ccc(OCc3c(C)noc3C)cc2)c1. The molecule has 7 nitrogen and oxygen atoms in total. The van der Waals surface area contributed by atoms with E-state index in [1.165, 1.54) is 0 Å². The molecule has 1 heterocycles. The number of aromatic nitrogens is 1. The molecule has 2 amide bonds. The van der Waals surface area contributed by atoms with Crippen LogP contribution >= 0.6 is 0 Å². The van der Waals surface area contributed by atoms with E-state index in [1.807, 2.05) is 19.9 Å². The Labute approximate surface area is 169 Å². The summed E-state index contributed by atoms with van der Waals surface area (Å²) in [7, 11) is 1.58. The van der Waals surface area contributed by atoms with Gasteiger partial charge in [0.2, 0.25) is 0 Å². The lowest BCUT2D eigenvalue weighted by atomic mass is 10.1. The number of ether oxygens (including phenoxy) is 1. The van der Waals surface area contributed by atoms with Gasteiger partial charge in [0.05, 0.1) is 11.3 Å². The maximum atomic E-state index is 12.4. The summed E-state index contributed by atoms with van der Waals surface area (Å²) in [5.41, 5.74) is 3.65. The molecule has 3 aromatic rings. The Morgan fingerprint density at radius 2 is 1.79 bits per heavy atom. The fourth-order valence-electron chi connectivity index (χ4n) is 2.82. The quantitative estimate of drug-likeness (QED) is 0.643. The number of carbonyl (C=O) groups excluding carboxylic acids is 2. The molecule has 150 valence electrons. The number of nitrogens with zero attached hydrogens (tertiary/aromatic N) is 1. The maximum absolute atomic E-state index is 12.4. The predicted octanol–water partition coefficient (Wildman–Crippen LogP) is 3.16. The topological polar surface area (TPSA) is 93.5 Å². The van der Waals surface area contributed by atoms with Gasteiger partial charge in [-0.25, -0.2) is 0 Å². The second-order valence-electron chi connectivity index (χ2n) is 6.58. The molecule has 0 atom stereocenters. The fraction of sp³-hybridized carbons (Fsp3) is 0.227. The van der Waals surface area contributed by atoms with Gasteiger partial charge in [0.1, 0.15) is 18.1 Å². The minimum atomic E-state index is -0.201. The molecule has 2 N–H and O–H groups in total. The minimum absolute atomic E-state index is 0.162. The smallest absolute Gasteiger partial charge is 0.251 e. The molecule has 0 saturated carbocycles. The lowest BCUT2D eigenvalue weighted by Gasteiger charge is -2.09. The molecule has 0 radical (unpaired) electrons. The summed E-state index contributed by atoms with van der Waals surface area (Å²) >= 11 is 0. The highest BCUT2D eigenvalue weighted by Crippen LogP contribution is 2.18. The van der Waals surface area contributed by atoms with E-state index in [0.29, 0.717) is 30.0 Å². The number of hydrogen-bond donors (Lipinski definition) is 2. The number of hydrogen-bond acceptors (Lipinski definition) is 5. The summed E-state index contributed by atoms with van der Waals surface area (Å²) in [5, 5.41) is 9.34. The molecule has 2 aromatic carbocycles. The van der Waals surface area contributed by atoms with Crippen LogP contribution in [-0.2, 0) is 13.2 Å². The Bertz CT molecular complexity index is 990. The van der Waals surface area contributed by atoms with Crippen molar-refractivity contribution in [2.75, 3.05) is 7.05 Å². The molecule has 0 unspecified atom stereocenters. The lowest BCUT2D eigenvalue weighted by Crippen LogP contribution is -2.23. The van der Waals surface area contributed by atoms with Crippen molar-refractivity contribution in [1.82, 2.24) is 15.8 Å². The van der Waals surface area contributed by atoms with E-state index < -0.39 is 0 Å². The molecular weight excluding hydrogens is 370 g/mol. The number of nitrogens with one attached hydrogen (secondary N) is 2. The highest BCUT2D eigenvalue weighted by Gasteiger charge is 2.11. The van der Waals surface area contributed by atoms with Gasteiger partial charge in [-0.05, 0) is 55.8 Å². The van der Waals surface area contributed by atoms with Gasteiger partial charge >= 0.3 is 0 Å². The summed E-state index contributed by atoms with van der Waals surface area (Å²) < 4.78 is 10.9. The minimum Gasteiger partial charge on any atom is -0.489 e. The first-order chi connectivity index (χ1) is 14.0. The van der Waals surface area contributed by atoms with Crippen LogP contribution < -0.4 is 15.4 Å². The Morgan fingerprint density at radius 3 is 2.45 bits per heavy atom. The van der Waals surface area contributed by atoms with Gasteiger partial charge in [0, 0.05) is 24.7 Å². The molecule has 0 fully saturated rings. The molecule has 1 aromatic heterocycles. The lowest BCUT2D eigenvalue weighted by molar-refractivity contribution is 0.0948. The van der Waals surface area contributed by atoms with Crippen LogP contribution in [0.1, 0.15) is 43.3 Å². The van der Waals surface area contributed by atoms with E-state index in [1.54, 1.807) is 49.5 Å². The van der Waals surface area contributed by atoms with E-state index >= 15 is 0 Å². The Balaban J connectivity index is 1.56.